The third-order valence-corrected chi connectivity index (χ3v) is 5.59. The van der Waals surface area contributed by atoms with Gasteiger partial charge in [-0.2, -0.15) is 0 Å². The molecule has 0 aliphatic carbocycles. The summed E-state index contributed by atoms with van der Waals surface area (Å²) in [6.45, 7) is 6.95. The van der Waals surface area contributed by atoms with Gasteiger partial charge in [-0.15, -0.1) is 0 Å². The fourth-order valence-corrected chi connectivity index (χ4v) is 3.80. The highest BCUT2D eigenvalue weighted by atomic mass is 16.6. The van der Waals surface area contributed by atoms with Crippen LogP contribution in [-0.2, 0) is 5.41 Å². The fraction of sp³-hybridized carbons (Fsp3) is 0.231. The van der Waals surface area contributed by atoms with E-state index in [2.05, 4.69) is 32.9 Å². The van der Waals surface area contributed by atoms with Crippen molar-refractivity contribution in [2.45, 2.75) is 26.2 Å². The van der Waals surface area contributed by atoms with Gasteiger partial charge in [0, 0.05) is 23.3 Å². The zero-order chi connectivity index (χ0) is 22.2. The van der Waals surface area contributed by atoms with Gasteiger partial charge in [0.05, 0.1) is 12.0 Å². The van der Waals surface area contributed by atoms with Crippen molar-refractivity contribution in [3.63, 3.8) is 0 Å². The van der Waals surface area contributed by atoms with Gasteiger partial charge in [0.25, 0.3) is 5.69 Å². The molecule has 0 aromatic heterocycles. The summed E-state index contributed by atoms with van der Waals surface area (Å²) in [5.74, 6) is 1.63. The number of nitro groups is 1. The molecule has 0 saturated carbocycles. The van der Waals surface area contributed by atoms with E-state index in [1.165, 1.54) is 17.7 Å². The predicted molar refractivity (Wildman–Crippen MR) is 123 cm³/mol. The van der Waals surface area contributed by atoms with Crippen molar-refractivity contribution >= 4 is 16.8 Å². The first-order valence-corrected chi connectivity index (χ1v) is 10.2. The highest BCUT2D eigenvalue weighted by Crippen LogP contribution is 2.43. The summed E-state index contributed by atoms with van der Waals surface area (Å²) >= 11 is 0. The number of hydrogen-bond donors (Lipinski definition) is 0. The van der Waals surface area contributed by atoms with Crippen LogP contribution in [0.2, 0.25) is 0 Å². The summed E-state index contributed by atoms with van der Waals surface area (Å²) in [7, 11) is 1.65. The Morgan fingerprint density at radius 3 is 2.16 bits per heavy atom. The van der Waals surface area contributed by atoms with Gasteiger partial charge >= 0.3 is 0 Å². The maximum Gasteiger partial charge on any atom is 0.269 e. The molecular weight excluding hydrogens is 390 g/mol. The number of rotatable bonds is 4. The number of methoxy groups -OCH3 is 1. The number of ether oxygens (including phenoxy) is 2. The molecule has 4 rings (SSSR count). The molecule has 158 valence electrons. The first-order chi connectivity index (χ1) is 14.8. The third-order valence-electron chi connectivity index (χ3n) is 5.59. The van der Waals surface area contributed by atoms with Crippen molar-refractivity contribution in [2.24, 2.45) is 0 Å². The van der Waals surface area contributed by atoms with E-state index in [-0.39, 0.29) is 16.0 Å². The molecule has 3 aromatic carbocycles. The summed E-state index contributed by atoms with van der Waals surface area (Å²) in [4.78, 5) is 10.7. The molecule has 1 aliphatic rings. The maximum absolute atomic E-state index is 11.1. The van der Waals surface area contributed by atoms with Crippen LogP contribution in [0.4, 0.5) is 5.69 Å². The Bertz CT molecular complexity index is 1150. The molecule has 0 bridgehead atoms. The average molecular weight is 415 g/mol. The van der Waals surface area contributed by atoms with Crippen LogP contribution in [0.3, 0.4) is 0 Å². The average Bonchev–Trinajstić information content (AvgIpc) is 2.77. The fourth-order valence-electron chi connectivity index (χ4n) is 3.80. The van der Waals surface area contributed by atoms with Crippen molar-refractivity contribution in [1.29, 1.82) is 0 Å². The summed E-state index contributed by atoms with van der Waals surface area (Å²) in [5.41, 5.74) is 6.33. The van der Waals surface area contributed by atoms with Crippen molar-refractivity contribution in [3.8, 4) is 11.5 Å². The van der Waals surface area contributed by atoms with Crippen molar-refractivity contribution in [1.82, 2.24) is 0 Å². The minimum Gasteiger partial charge on any atom is -0.497 e. The predicted octanol–water partition coefficient (Wildman–Crippen LogP) is 6.25. The van der Waals surface area contributed by atoms with E-state index in [1.807, 2.05) is 30.3 Å². The zero-order valence-corrected chi connectivity index (χ0v) is 18.1. The van der Waals surface area contributed by atoms with Crippen LogP contribution < -0.4 is 9.47 Å². The number of benzene rings is 3. The van der Waals surface area contributed by atoms with E-state index in [1.54, 1.807) is 19.2 Å². The molecule has 0 N–H and O–H groups in total. The molecule has 5 nitrogen and oxygen atoms in total. The van der Waals surface area contributed by atoms with Crippen molar-refractivity contribution in [2.75, 3.05) is 13.7 Å². The highest BCUT2D eigenvalue weighted by molar-refractivity contribution is 6.01. The Morgan fingerprint density at radius 1 is 0.935 bits per heavy atom. The molecule has 0 unspecified atom stereocenters. The first kappa shape index (κ1) is 20.7. The number of hydrogen-bond acceptors (Lipinski definition) is 4. The zero-order valence-electron chi connectivity index (χ0n) is 18.1. The lowest BCUT2D eigenvalue weighted by molar-refractivity contribution is -0.384. The van der Waals surface area contributed by atoms with Crippen LogP contribution in [0.15, 0.2) is 66.7 Å². The number of non-ortho nitro benzene ring substituents is 1. The van der Waals surface area contributed by atoms with Crippen molar-refractivity contribution < 1.29 is 14.4 Å². The first-order valence-electron chi connectivity index (χ1n) is 10.2. The Balaban J connectivity index is 1.94. The highest BCUT2D eigenvalue weighted by Gasteiger charge is 2.25. The van der Waals surface area contributed by atoms with Gasteiger partial charge in [0.2, 0.25) is 0 Å². The second kappa shape index (κ2) is 7.91. The summed E-state index contributed by atoms with van der Waals surface area (Å²) in [6, 6.07) is 21.0. The van der Waals surface area contributed by atoms with Crippen LogP contribution in [0.1, 0.15) is 43.0 Å². The molecule has 0 radical (unpaired) electrons. The van der Waals surface area contributed by atoms with E-state index in [0.29, 0.717) is 6.61 Å². The van der Waals surface area contributed by atoms with Gasteiger partial charge in [0.15, 0.2) is 0 Å². The quantitative estimate of drug-likeness (QED) is 0.373. The molecule has 0 atom stereocenters. The largest absolute Gasteiger partial charge is 0.497 e. The van der Waals surface area contributed by atoms with Crippen molar-refractivity contribution in [3.05, 3.63) is 99.1 Å². The minimum atomic E-state index is -0.384. The maximum atomic E-state index is 11.1. The van der Waals surface area contributed by atoms with Gasteiger partial charge in [-0.3, -0.25) is 10.1 Å². The van der Waals surface area contributed by atoms with Crippen LogP contribution >= 0.6 is 0 Å². The lowest BCUT2D eigenvalue weighted by Crippen LogP contribution is -2.15. The molecule has 0 amide bonds. The Morgan fingerprint density at radius 2 is 1.58 bits per heavy atom. The smallest absolute Gasteiger partial charge is 0.269 e. The third kappa shape index (κ3) is 4.04. The topological polar surface area (TPSA) is 61.6 Å². The van der Waals surface area contributed by atoms with E-state index >= 15 is 0 Å². The SMILES string of the molecule is COc1ccc(C2=C(c3ccc([N+](=O)[O-])cc3)COc3ccc(C(C)(C)C)cc32)cc1. The molecular formula is C26H25NO4. The second-order valence-electron chi connectivity index (χ2n) is 8.64. The van der Waals surface area contributed by atoms with E-state index in [4.69, 9.17) is 9.47 Å². The summed E-state index contributed by atoms with van der Waals surface area (Å²) in [6.07, 6.45) is 0. The molecule has 0 fully saturated rings. The van der Waals surface area contributed by atoms with Crippen LogP contribution in [0, 0.1) is 10.1 Å². The lowest BCUT2D eigenvalue weighted by atomic mass is 9.82. The monoisotopic (exact) mass is 415 g/mol. The molecule has 0 spiro atoms. The number of fused-ring (bicyclic) bond motifs is 1. The van der Waals surface area contributed by atoms with Gasteiger partial charge in [-0.25, -0.2) is 0 Å². The Labute approximate surface area is 182 Å². The Kier molecular flexibility index (Phi) is 5.27. The molecule has 5 heteroatoms. The standard InChI is InChI=1S/C26H25NO4/c1-26(2,3)19-9-14-24-22(15-19)25(18-7-12-21(30-4)13-8-18)23(16-31-24)17-5-10-20(11-6-17)27(28)29/h5-15H,16H2,1-4H3. The normalized spacial score (nSPS) is 13.4. The van der Waals surface area contributed by atoms with Gasteiger partial charge in [-0.1, -0.05) is 39.0 Å². The second-order valence-corrected chi connectivity index (χ2v) is 8.64. The van der Waals surface area contributed by atoms with E-state index < -0.39 is 0 Å². The van der Waals surface area contributed by atoms with Gasteiger partial charge < -0.3 is 9.47 Å². The van der Waals surface area contributed by atoms with Crippen LogP contribution in [-0.4, -0.2) is 18.6 Å². The molecule has 1 aliphatic heterocycles. The molecule has 31 heavy (non-hydrogen) atoms. The molecule has 3 aromatic rings. The minimum absolute atomic E-state index is 0.00891. The number of nitro benzene ring substituents is 1. The Hall–Kier alpha value is -3.60. The van der Waals surface area contributed by atoms with Crippen LogP contribution in [0.5, 0.6) is 11.5 Å². The van der Waals surface area contributed by atoms with E-state index in [0.717, 1.165) is 39.3 Å². The molecule has 0 saturated heterocycles. The van der Waals surface area contributed by atoms with E-state index in [9.17, 15) is 10.1 Å². The van der Waals surface area contributed by atoms with Gasteiger partial charge in [-0.05, 0) is 64.1 Å². The molecule has 1 heterocycles. The lowest BCUT2D eigenvalue weighted by Gasteiger charge is -2.28. The summed E-state index contributed by atoms with van der Waals surface area (Å²) in [5, 5.41) is 11.1. The van der Waals surface area contributed by atoms with Gasteiger partial charge in [0.1, 0.15) is 18.1 Å². The summed E-state index contributed by atoms with van der Waals surface area (Å²) < 4.78 is 11.4. The van der Waals surface area contributed by atoms with Crippen LogP contribution in [0.25, 0.3) is 11.1 Å². The number of nitrogens with zero attached hydrogens (tertiary/aromatic N) is 1.